The highest BCUT2D eigenvalue weighted by Gasteiger charge is 2.08. The molecule has 3 nitrogen and oxygen atoms in total. The molecule has 0 bridgehead atoms. The van der Waals surface area contributed by atoms with Crippen LogP contribution in [-0.4, -0.2) is 11.2 Å². The third-order valence-electron chi connectivity index (χ3n) is 1.54. The van der Waals surface area contributed by atoms with Crippen molar-refractivity contribution in [2.45, 2.75) is 39.5 Å². The van der Waals surface area contributed by atoms with Crippen molar-refractivity contribution in [3.05, 3.63) is 11.6 Å². The Morgan fingerprint density at radius 1 is 1.42 bits per heavy atom. The summed E-state index contributed by atoms with van der Waals surface area (Å²) in [7, 11) is 0. The van der Waals surface area contributed by atoms with Crippen molar-refractivity contribution in [2.24, 2.45) is 0 Å². The Bertz CT molecular complexity index is 161. The van der Waals surface area contributed by atoms with Gasteiger partial charge in [-0.25, -0.2) is 4.79 Å². The Morgan fingerprint density at radius 2 is 2.08 bits per heavy atom. The van der Waals surface area contributed by atoms with Crippen molar-refractivity contribution in [1.82, 2.24) is 0 Å². The molecule has 0 aromatic carbocycles. The number of rotatable bonds is 5. The first-order valence-corrected chi connectivity index (χ1v) is 4.31. The summed E-state index contributed by atoms with van der Waals surface area (Å²) < 4.78 is 0. The summed E-state index contributed by atoms with van der Waals surface area (Å²) in [5.74, 6) is -0.620. The Kier molecular flexibility index (Phi) is 6.38. The van der Waals surface area contributed by atoms with Gasteiger partial charge in [0.05, 0.1) is 0 Å². The summed E-state index contributed by atoms with van der Waals surface area (Å²) in [4.78, 5) is 14.5. The summed E-state index contributed by atoms with van der Waals surface area (Å²) in [5.41, 5.74) is 0.571. The molecule has 0 radical (unpaired) electrons. The topological polar surface area (TPSA) is 46.5 Å². The molecule has 0 unspecified atom stereocenters. The molecule has 1 N–H and O–H groups in total. The first-order chi connectivity index (χ1) is 5.76. The van der Waals surface area contributed by atoms with Gasteiger partial charge in [-0.3, -0.25) is 4.89 Å². The average Bonchev–Trinajstić information content (AvgIpc) is 2.11. The monoisotopic (exact) mass is 172 g/mol. The Morgan fingerprint density at radius 3 is 2.50 bits per heavy atom. The number of carbonyl (C=O) groups is 1. The normalized spacial score (nSPS) is 11.4. The summed E-state index contributed by atoms with van der Waals surface area (Å²) in [6, 6.07) is 0. The average molecular weight is 172 g/mol. The maximum Gasteiger partial charge on any atom is 0.368 e. The Labute approximate surface area is 73.0 Å². The lowest BCUT2D eigenvalue weighted by Crippen LogP contribution is -2.04. The molecule has 0 saturated heterocycles. The van der Waals surface area contributed by atoms with Crippen molar-refractivity contribution in [3.63, 3.8) is 0 Å². The molecule has 0 heterocycles. The third-order valence-corrected chi connectivity index (χ3v) is 1.54. The minimum Gasteiger partial charge on any atom is -0.296 e. The molecule has 0 aliphatic heterocycles. The van der Waals surface area contributed by atoms with E-state index in [1.165, 1.54) is 0 Å². The molecule has 0 spiro atoms. The molecule has 0 amide bonds. The zero-order valence-corrected chi connectivity index (χ0v) is 7.67. The van der Waals surface area contributed by atoms with Crippen molar-refractivity contribution in [2.75, 3.05) is 0 Å². The second-order valence-electron chi connectivity index (χ2n) is 2.65. The Balaban J connectivity index is 4.11. The second kappa shape index (κ2) is 6.85. The molecule has 70 valence electrons. The highest BCUT2D eigenvalue weighted by molar-refractivity contribution is 5.87. The van der Waals surface area contributed by atoms with E-state index in [-0.39, 0.29) is 0 Å². The number of unbranched alkanes of at least 4 members (excludes halogenated alkanes) is 1. The van der Waals surface area contributed by atoms with Crippen LogP contribution >= 0.6 is 0 Å². The number of allylic oxidation sites excluding steroid dienone is 1. The zero-order chi connectivity index (χ0) is 9.40. The molecule has 0 fully saturated rings. The van der Waals surface area contributed by atoms with Gasteiger partial charge in [0, 0.05) is 5.57 Å². The van der Waals surface area contributed by atoms with Gasteiger partial charge in [-0.2, -0.15) is 5.26 Å². The summed E-state index contributed by atoms with van der Waals surface area (Å²) >= 11 is 0. The van der Waals surface area contributed by atoms with Gasteiger partial charge in [-0.1, -0.05) is 32.8 Å². The van der Waals surface area contributed by atoms with E-state index in [1.54, 1.807) is 0 Å². The number of hydrogen-bond donors (Lipinski definition) is 1. The minimum atomic E-state index is -0.620. The largest absolute Gasteiger partial charge is 0.368 e. The fraction of sp³-hybridized carbons (Fsp3) is 0.667. The van der Waals surface area contributed by atoms with Gasteiger partial charge in [-0.15, -0.1) is 0 Å². The zero-order valence-electron chi connectivity index (χ0n) is 7.67. The molecule has 0 aromatic heterocycles. The van der Waals surface area contributed by atoms with Gasteiger partial charge in [0.1, 0.15) is 0 Å². The molecule has 0 atom stereocenters. The van der Waals surface area contributed by atoms with Crippen LogP contribution in [0.5, 0.6) is 0 Å². The van der Waals surface area contributed by atoms with E-state index in [0.29, 0.717) is 12.0 Å². The first kappa shape index (κ1) is 11.2. The van der Waals surface area contributed by atoms with E-state index >= 15 is 0 Å². The molecule has 0 aliphatic rings. The molecule has 0 aliphatic carbocycles. The quantitative estimate of drug-likeness (QED) is 0.394. The van der Waals surface area contributed by atoms with Crippen LogP contribution in [0.4, 0.5) is 0 Å². The summed E-state index contributed by atoms with van der Waals surface area (Å²) in [6.45, 7) is 4.01. The van der Waals surface area contributed by atoms with Crippen LogP contribution in [0.2, 0.25) is 0 Å². The van der Waals surface area contributed by atoms with Crippen molar-refractivity contribution in [1.29, 1.82) is 0 Å². The lowest BCUT2D eigenvalue weighted by Gasteiger charge is -2.00. The molecular weight excluding hydrogens is 156 g/mol. The molecule has 3 heteroatoms. The fourth-order valence-corrected chi connectivity index (χ4v) is 0.934. The smallest absolute Gasteiger partial charge is 0.296 e. The highest BCUT2D eigenvalue weighted by atomic mass is 17.1. The minimum absolute atomic E-state index is 0.571. The van der Waals surface area contributed by atoms with E-state index in [0.717, 1.165) is 19.3 Å². The van der Waals surface area contributed by atoms with Crippen LogP contribution in [0, 0.1) is 0 Å². The summed E-state index contributed by atoms with van der Waals surface area (Å²) in [6.07, 6.45) is 5.21. The van der Waals surface area contributed by atoms with E-state index in [4.69, 9.17) is 5.26 Å². The van der Waals surface area contributed by atoms with Gasteiger partial charge < -0.3 is 0 Å². The Hall–Kier alpha value is -0.830. The number of carbonyl (C=O) groups excluding carboxylic acids is 1. The van der Waals surface area contributed by atoms with Crippen molar-refractivity contribution >= 4 is 5.97 Å². The molecule has 0 rings (SSSR count). The third kappa shape index (κ3) is 4.13. The molecule has 0 aromatic rings. The molecular formula is C9H16O3. The lowest BCUT2D eigenvalue weighted by atomic mass is 10.1. The fourth-order valence-electron chi connectivity index (χ4n) is 0.934. The second-order valence-corrected chi connectivity index (χ2v) is 2.65. The van der Waals surface area contributed by atoms with Crippen LogP contribution in [0.25, 0.3) is 0 Å². The number of hydrogen-bond acceptors (Lipinski definition) is 3. The predicted molar refractivity (Wildman–Crippen MR) is 46.6 cm³/mol. The first-order valence-electron chi connectivity index (χ1n) is 4.31. The van der Waals surface area contributed by atoms with Gasteiger partial charge in [0.2, 0.25) is 0 Å². The molecule has 0 saturated carbocycles. The SMILES string of the molecule is CCCC=C(CCC)C(=O)OO. The van der Waals surface area contributed by atoms with E-state index in [2.05, 4.69) is 4.89 Å². The predicted octanol–water partition coefficient (Wildman–Crippen LogP) is 2.53. The van der Waals surface area contributed by atoms with Crippen molar-refractivity contribution < 1.29 is 14.9 Å². The maximum absolute atomic E-state index is 10.9. The lowest BCUT2D eigenvalue weighted by molar-refractivity contribution is -0.229. The van der Waals surface area contributed by atoms with Crippen LogP contribution < -0.4 is 0 Å². The van der Waals surface area contributed by atoms with Crippen LogP contribution in [0.3, 0.4) is 0 Å². The van der Waals surface area contributed by atoms with Gasteiger partial charge in [0.15, 0.2) is 0 Å². The van der Waals surface area contributed by atoms with Crippen molar-refractivity contribution in [3.8, 4) is 0 Å². The van der Waals surface area contributed by atoms with E-state index in [1.807, 2.05) is 19.9 Å². The highest BCUT2D eigenvalue weighted by Crippen LogP contribution is 2.08. The van der Waals surface area contributed by atoms with E-state index in [9.17, 15) is 4.79 Å². The standard InChI is InChI=1S/C9H16O3/c1-3-5-7-8(6-4-2)9(10)12-11/h7,11H,3-6H2,1-2H3. The van der Waals surface area contributed by atoms with Crippen LogP contribution in [-0.2, 0) is 9.68 Å². The maximum atomic E-state index is 10.9. The van der Waals surface area contributed by atoms with Gasteiger partial charge in [-0.05, 0) is 12.8 Å². The van der Waals surface area contributed by atoms with E-state index < -0.39 is 5.97 Å². The van der Waals surface area contributed by atoms with Crippen LogP contribution in [0.15, 0.2) is 11.6 Å². The van der Waals surface area contributed by atoms with Crippen LogP contribution in [0.1, 0.15) is 39.5 Å². The van der Waals surface area contributed by atoms with Gasteiger partial charge >= 0.3 is 5.97 Å². The summed E-state index contributed by atoms with van der Waals surface area (Å²) in [5, 5.41) is 8.14. The molecule has 12 heavy (non-hydrogen) atoms. The van der Waals surface area contributed by atoms with Gasteiger partial charge in [0.25, 0.3) is 0 Å².